The first-order chi connectivity index (χ1) is 9.69. The zero-order chi connectivity index (χ0) is 14.4. The van der Waals surface area contributed by atoms with E-state index < -0.39 is 0 Å². The number of hydrogen-bond acceptors (Lipinski definition) is 4. The molecule has 1 heterocycles. The van der Waals surface area contributed by atoms with E-state index in [0.717, 1.165) is 6.42 Å². The van der Waals surface area contributed by atoms with Crippen molar-refractivity contribution in [2.75, 3.05) is 11.9 Å². The normalized spacial score (nSPS) is 10.1. The summed E-state index contributed by atoms with van der Waals surface area (Å²) < 4.78 is 5.49. The molecule has 2 rings (SSSR count). The molecule has 0 spiro atoms. The van der Waals surface area contributed by atoms with Gasteiger partial charge in [0.25, 0.3) is 5.91 Å². The third-order valence-corrected chi connectivity index (χ3v) is 2.62. The fourth-order valence-corrected chi connectivity index (χ4v) is 1.69. The van der Waals surface area contributed by atoms with E-state index in [1.54, 1.807) is 24.3 Å². The zero-order valence-corrected chi connectivity index (χ0v) is 11.7. The van der Waals surface area contributed by atoms with Crippen LogP contribution in [0.1, 0.15) is 23.7 Å². The number of amides is 1. The third kappa shape index (κ3) is 3.93. The molecule has 0 aliphatic heterocycles. The first-order valence-corrected chi connectivity index (χ1v) is 6.59. The van der Waals surface area contributed by atoms with Crippen molar-refractivity contribution >= 4 is 23.3 Å². The highest BCUT2D eigenvalue weighted by Gasteiger charge is 2.08. The van der Waals surface area contributed by atoms with Crippen molar-refractivity contribution in [2.45, 2.75) is 13.3 Å². The van der Waals surface area contributed by atoms with Gasteiger partial charge < -0.3 is 10.1 Å². The van der Waals surface area contributed by atoms with Crippen LogP contribution >= 0.6 is 11.6 Å². The van der Waals surface area contributed by atoms with Gasteiger partial charge in [0, 0.05) is 11.8 Å². The van der Waals surface area contributed by atoms with Crippen molar-refractivity contribution in [2.24, 2.45) is 0 Å². The SMILES string of the molecule is CCCOc1cccc(C(=O)Nc2ccnc(Cl)n2)c1. The van der Waals surface area contributed by atoms with Crippen molar-refractivity contribution in [1.82, 2.24) is 9.97 Å². The van der Waals surface area contributed by atoms with Gasteiger partial charge in [0.05, 0.1) is 6.61 Å². The Labute approximate surface area is 122 Å². The van der Waals surface area contributed by atoms with E-state index in [0.29, 0.717) is 23.7 Å². The molecular formula is C14H14ClN3O2. The summed E-state index contributed by atoms with van der Waals surface area (Å²) in [5.41, 5.74) is 0.494. The van der Waals surface area contributed by atoms with Gasteiger partial charge in [0.2, 0.25) is 5.28 Å². The van der Waals surface area contributed by atoms with Gasteiger partial charge in [-0.2, -0.15) is 0 Å². The van der Waals surface area contributed by atoms with Gasteiger partial charge >= 0.3 is 0 Å². The molecule has 0 fully saturated rings. The van der Waals surface area contributed by atoms with Gasteiger partial charge in [-0.15, -0.1) is 0 Å². The molecule has 0 radical (unpaired) electrons. The largest absolute Gasteiger partial charge is 0.494 e. The van der Waals surface area contributed by atoms with Gasteiger partial charge in [-0.05, 0) is 42.3 Å². The number of nitrogens with zero attached hydrogens (tertiary/aromatic N) is 2. The van der Waals surface area contributed by atoms with Crippen molar-refractivity contribution in [3.8, 4) is 5.75 Å². The van der Waals surface area contributed by atoms with Crippen molar-refractivity contribution in [3.05, 3.63) is 47.4 Å². The summed E-state index contributed by atoms with van der Waals surface area (Å²) in [6.07, 6.45) is 2.39. The molecule has 2 aromatic rings. The minimum Gasteiger partial charge on any atom is -0.494 e. The second-order valence-electron chi connectivity index (χ2n) is 4.04. The molecule has 1 aromatic carbocycles. The van der Waals surface area contributed by atoms with Crippen LogP contribution in [0.25, 0.3) is 0 Å². The predicted molar refractivity (Wildman–Crippen MR) is 77.2 cm³/mol. The van der Waals surface area contributed by atoms with Gasteiger partial charge in [-0.3, -0.25) is 4.79 Å². The molecule has 0 saturated carbocycles. The number of anilines is 1. The number of hydrogen-bond donors (Lipinski definition) is 1. The Balaban J connectivity index is 2.09. The lowest BCUT2D eigenvalue weighted by Gasteiger charge is -2.07. The minimum atomic E-state index is -0.276. The Bertz CT molecular complexity index is 604. The Morgan fingerprint density at radius 2 is 2.25 bits per heavy atom. The lowest BCUT2D eigenvalue weighted by atomic mass is 10.2. The van der Waals surface area contributed by atoms with E-state index in [-0.39, 0.29) is 11.2 Å². The smallest absolute Gasteiger partial charge is 0.256 e. The lowest BCUT2D eigenvalue weighted by Crippen LogP contribution is -2.13. The van der Waals surface area contributed by atoms with Crippen molar-refractivity contribution in [3.63, 3.8) is 0 Å². The second-order valence-corrected chi connectivity index (χ2v) is 4.38. The van der Waals surface area contributed by atoms with E-state index in [4.69, 9.17) is 16.3 Å². The van der Waals surface area contributed by atoms with Crippen LogP contribution in [0, 0.1) is 0 Å². The number of ether oxygens (including phenoxy) is 1. The highest BCUT2D eigenvalue weighted by molar-refractivity contribution is 6.28. The number of halogens is 1. The molecular weight excluding hydrogens is 278 g/mol. The van der Waals surface area contributed by atoms with E-state index in [9.17, 15) is 4.79 Å². The molecule has 0 saturated heterocycles. The Hall–Kier alpha value is -2.14. The van der Waals surface area contributed by atoms with E-state index in [2.05, 4.69) is 15.3 Å². The van der Waals surface area contributed by atoms with Gasteiger partial charge in [0.1, 0.15) is 11.6 Å². The number of nitrogens with one attached hydrogen (secondary N) is 1. The lowest BCUT2D eigenvalue weighted by molar-refractivity contribution is 0.102. The zero-order valence-electron chi connectivity index (χ0n) is 11.0. The van der Waals surface area contributed by atoms with Crippen molar-refractivity contribution in [1.29, 1.82) is 0 Å². The van der Waals surface area contributed by atoms with Crippen LogP contribution in [0.2, 0.25) is 5.28 Å². The van der Waals surface area contributed by atoms with Crippen LogP contribution in [-0.2, 0) is 0 Å². The van der Waals surface area contributed by atoms with Crippen LogP contribution in [0.5, 0.6) is 5.75 Å². The summed E-state index contributed by atoms with van der Waals surface area (Å²) in [7, 11) is 0. The first kappa shape index (κ1) is 14.3. The summed E-state index contributed by atoms with van der Waals surface area (Å²) in [5.74, 6) is 0.747. The van der Waals surface area contributed by atoms with Crippen LogP contribution in [-0.4, -0.2) is 22.5 Å². The molecule has 20 heavy (non-hydrogen) atoms. The van der Waals surface area contributed by atoms with E-state index in [1.165, 1.54) is 6.20 Å². The summed E-state index contributed by atoms with van der Waals surface area (Å²) in [4.78, 5) is 19.7. The summed E-state index contributed by atoms with van der Waals surface area (Å²) in [6, 6.07) is 8.55. The van der Waals surface area contributed by atoms with Gasteiger partial charge in [-0.1, -0.05) is 13.0 Å². The number of aromatic nitrogens is 2. The molecule has 1 aromatic heterocycles. The van der Waals surface area contributed by atoms with Crippen LogP contribution in [0.4, 0.5) is 5.82 Å². The topological polar surface area (TPSA) is 64.1 Å². The van der Waals surface area contributed by atoms with Gasteiger partial charge in [-0.25, -0.2) is 9.97 Å². The van der Waals surface area contributed by atoms with Gasteiger partial charge in [0.15, 0.2) is 0 Å². The highest BCUT2D eigenvalue weighted by Crippen LogP contribution is 2.15. The Morgan fingerprint density at radius 3 is 3.00 bits per heavy atom. The molecule has 0 atom stereocenters. The maximum absolute atomic E-state index is 12.1. The molecule has 5 nitrogen and oxygen atoms in total. The second kappa shape index (κ2) is 6.86. The molecule has 104 valence electrons. The monoisotopic (exact) mass is 291 g/mol. The van der Waals surface area contributed by atoms with Crippen LogP contribution in [0.3, 0.4) is 0 Å². The summed E-state index contributed by atoms with van der Waals surface area (Å²) in [5, 5.41) is 2.74. The average Bonchev–Trinajstić information content (AvgIpc) is 2.45. The molecule has 0 unspecified atom stereocenters. The molecule has 6 heteroatoms. The fraction of sp³-hybridized carbons (Fsp3) is 0.214. The van der Waals surface area contributed by atoms with Crippen molar-refractivity contribution < 1.29 is 9.53 Å². The van der Waals surface area contributed by atoms with E-state index in [1.807, 2.05) is 13.0 Å². The number of benzene rings is 1. The molecule has 0 bridgehead atoms. The minimum absolute atomic E-state index is 0.0860. The first-order valence-electron chi connectivity index (χ1n) is 6.22. The quantitative estimate of drug-likeness (QED) is 0.859. The van der Waals surface area contributed by atoms with Crippen LogP contribution in [0.15, 0.2) is 36.5 Å². The van der Waals surface area contributed by atoms with Crippen LogP contribution < -0.4 is 10.1 Å². The number of rotatable bonds is 5. The predicted octanol–water partition coefficient (Wildman–Crippen LogP) is 3.17. The maximum Gasteiger partial charge on any atom is 0.256 e. The molecule has 0 aliphatic carbocycles. The Morgan fingerprint density at radius 1 is 1.40 bits per heavy atom. The fourth-order valence-electron chi connectivity index (χ4n) is 1.54. The number of carbonyl (C=O) groups is 1. The molecule has 1 amide bonds. The number of carbonyl (C=O) groups excluding carboxylic acids is 1. The average molecular weight is 292 g/mol. The third-order valence-electron chi connectivity index (χ3n) is 2.44. The Kier molecular flexibility index (Phi) is 4.90. The highest BCUT2D eigenvalue weighted by atomic mass is 35.5. The molecule has 1 N–H and O–H groups in total. The summed E-state index contributed by atoms with van der Waals surface area (Å²) >= 11 is 5.66. The maximum atomic E-state index is 12.1. The summed E-state index contributed by atoms with van der Waals surface area (Å²) in [6.45, 7) is 2.64. The van der Waals surface area contributed by atoms with E-state index >= 15 is 0 Å². The standard InChI is InChI=1S/C14H14ClN3O2/c1-2-8-20-11-5-3-4-10(9-11)13(19)17-12-6-7-16-14(15)18-12/h3-7,9H,2,8H2,1H3,(H,16,17,18,19). The molecule has 0 aliphatic rings.